The van der Waals surface area contributed by atoms with Crippen molar-refractivity contribution in [3.8, 4) is 0 Å². The molecule has 11 heteroatoms. The first-order valence-electron chi connectivity index (χ1n) is 15.2. The summed E-state index contributed by atoms with van der Waals surface area (Å²) >= 11 is 7.56. The van der Waals surface area contributed by atoms with Crippen molar-refractivity contribution < 1.29 is 14.3 Å². The second-order valence-electron chi connectivity index (χ2n) is 12.3. The highest BCUT2D eigenvalue weighted by Gasteiger charge is 2.18. The van der Waals surface area contributed by atoms with Crippen LogP contribution in [-0.4, -0.2) is 32.6 Å². The number of rotatable bonds is 9. The number of nitrogens with zero attached hydrogens (tertiary/aromatic N) is 3. The average molecular weight is 669 g/mol. The number of ether oxygens (including phenoxy) is 1. The molecule has 5 aromatic rings. The number of pyridine rings is 1. The molecule has 3 N–H and O–H groups in total. The lowest BCUT2D eigenvalue weighted by Gasteiger charge is -2.19. The lowest BCUT2D eigenvalue weighted by atomic mass is 10.1. The van der Waals surface area contributed by atoms with Crippen molar-refractivity contribution in [1.29, 1.82) is 0 Å². The fourth-order valence-electron chi connectivity index (χ4n) is 4.63. The van der Waals surface area contributed by atoms with Crippen molar-refractivity contribution in [2.75, 3.05) is 10.6 Å². The van der Waals surface area contributed by atoms with Gasteiger partial charge in [0.15, 0.2) is 5.65 Å². The molecular formula is C36H37ClN6O3S. The number of halogens is 1. The first-order valence-corrected chi connectivity index (χ1v) is 16.4. The summed E-state index contributed by atoms with van der Waals surface area (Å²) in [7, 11) is 0. The summed E-state index contributed by atoms with van der Waals surface area (Å²) in [5.41, 5.74) is 3.65. The topological polar surface area (TPSA) is 118 Å². The van der Waals surface area contributed by atoms with E-state index in [1.54, 1.807) is 18.2 Å². The Bertz CT molecular complexity index is 1890. The van der Waals surface area contributed by atoms with Crippen LogP contribution >= 0.6 is 23.4 Å². The number of benzene rings is 3. The van der Waals surface area contributed by atoms with Crippen LogP contribution in [0.4, 0.5) is 22.0 Å². The lowest BCUT2D eigenvalue weighted by Crippen LogP contribution is -2.27. The summed E-state index contributed by atoms with van der Waals surface area (Å²) in [6, 6.07) is 24.1. The summed E-state index contributed by atoms with van der Waals surface area (Å²) in [5.74, 6) is 0.606. The van der Waals surface area contributed by atoms with E-state index in [1.165, 1.54) is 18.1 Å². The quantitative estimate of drug-likeness (QED) is 0.142. The van der Waals surface area contributed by atoms with Crippen molar-refractivity contribution in [2.24, 2.45) is 0 Å². The van der Waals surface area contributed by atoms with E-state index in [2.05, 4.69) is 39.8 Å². The molecule has 0 saturated heterocycles. The Morgan fingerprint density at radius 2 is 1.62 bits per heavy atom. The van der Waals surface area contributed by atoms with Crippen molar-refractivity contribution in [3.05, 3.63) is 107 Å². The van der Waals surface area contributed by atoms with E-state index in [9.17, 15) is 9.59 Å². The summed E-state index contributed by atoms with van der Waals surface area (Å²) in [5, 5.41) is 10.7. The molecule has 0 fully saturated rings. The van der Waals surface area contributed by atoms with Gasteiger partial charge in [-0.05, 0) is 106 Å². The molecule has 2 heterocycles. The normalized spacial score (nSPS) is 12.1. The predicted octanol–water partition coefficient (Wildman–Crippen LogP) is 9.53. The van der Waals surface area contributed by atoms with Crippen molar-refractivity contribution in [3.63, 3.8) is 0 Å². The smallest absolute Gasteiger partial charge is 0.412 e. The van der Waals surface area contributed by atoms with Gasteiger partial charge in [-0.3, -0.25) is 10.1 Å². The Hall–Kier alpha value is -4.67. The number of aromatic nitrogens is 3. The van der Waals surface area contributed by atoms with Crippen LogP contribution in [0.1, 0.15) is 75.1 Å². The summed E-state index contributed by atoms with van der Waals surface area (Å²) in [4.78, 5) is 41.1. The van der Waals surface area contributed by atoms with Crippen LogP contribution < -0.4 is 16.0 Å². The maximum Gasteiger partial charge on any atom is 0.412 e. The van der Waals surface area contributed by atoms with E-state index in [1.807, 2.05) is 88.4 Å². The fourth-order valence-corrected chi connectivity index (χ4v) is 5.64. The number of hydrogen-bond donors (Lipinski definition) is 3. The van der Waals surface area contributed by atoms with Crippen LogP contribution in [0.3, 0.4) is 0 Å². The molecule has 2 aromatic heterocycles. The molecule has 0 saturated carbocycles. The van der Waals surface area contributed by atoms with Gasteiger partial charge in [0, 0.05) is 31.8 Å². The third kappa shape index (κ3) is 8.99. The molecule has 5 rings (SSSR count). The molecule has 0 bridgehead atoms. The van der Waals surface area contributed by atoms with Crippen LogP contribution in [0.15, 0.2) is 95.0 Å². The van der Waals surface area contributed by atoms with E-state index in [0.717, 1.165) is 26.4 Å². The van der Waals surface area contributed by atoms with Gasteiger partial charge in [0.2, 0.25) is 0 Å². The Kier molecular flexibility index (Phi) is 10.3. The Morgan fingerprint density at radius 3 is 2.30 bits per heavy atom. The second-order valence-corrected chi connectivity index (χ2v) is 13.9. The second kappa shape index (κ2) is 14.4. The van der Waals surface area contributed by atoms with E-state index < -0.39 is 11.7 Å². The first kappa shape index (κ1) is 33.7. The van der Waals surface area contributed by atoms with Gasteiger partial charge >= 0.3 is 6.09 Å². The fraction of sp³-hybridized carbons (Fsp3) is 0.250. The molecule has 242 valence electrons. The molecule has 9 nitrogen and oxygen atoms in total. The highest BCUT2D eigenvalue weighted by atomic mass is 35.5. The van der Waals surface area contributed by atoms with E-state index in [4.69, 9.17) is 21.3 Å². The molecule has 1 atom stereocenters. The number of amides is 2. The van der Waals surface area contributed by atoms with Crippen LogP contribution in [0.2, 0.25) is 5.02 Å². The van der Waals surface area contributed by atoms with E-state index >= 15 is 0 Å². The molecule has 0 aliphatic heterocycles. The van der Waals surface area contributed by atoms with Gasteiger partial charge in [0.05, 0.1) is 17.1 Å². The van der Waals surface area contributed by atoms with Gasteiger partial charge in [0.25, 0.3) is 5.91 Å². The molecule has 2 amide bonds. The minimum atomic E-state index is -0.595. The van der Waals surface area contributed by atoms with Gasteiger partial charge < -0.3 is 15.4 Å². The summed E-state index contributed by atoms with van der Waals surface area (Å²) in [6.45, 7) is 11.5. The highest BCUT2D eigenvalue weighted by molar-refractivity contribution is 7.99. The predicted molar refractivity (Wildman–Crippen MR) is 189 cm³/mol. The number of carbonyl (C=O) groups excluding carboxylic acids is 2. The SMILES string of the molecule is CC(C)c1ccc2c(Nc3cc(C(=O)NC(C)c4ccc(Cl)cc4)ccc3Sc3ccc(NC(=O)OC(C)(C)C)cc3)ncnc2n1. The van der Waals surface area contributed by atoms with Gasteiger partial charge in [-0.2, -0.15) is 0 Å². The average Bonchev–Trinajstić information content (AvgIpc) is 3.02. The van der Waals surface area contributed by atoms with Crippen LogP contribution in [0.25, 0.3) is 11.0 Å². The molecule has 1 unspecified atom stereocenters. The maximum atomic E-state index is 13.4. The first-order chi connectivity index (χ1) is 22.3. The maximum absolute atomic E-state index is 13.4. The van der Waals surface area contributed by atoms with Crippen molar-refractivity contribution in [1.82, 2.24) is 20.3 Å². The third-order valence-electron chi connectivity index (χ3n) is 7.05. The highest BCUT2D eigenvalue weighted by Crippen LogP contribution is 2.37. The molecule has 0 spiro atoms. The third-order valence-corrected chi connectivity index (χ3v) is 8.39. The molecule has 3 aromatic carbocycles. The number of carbonyl (C=O) groups is 2. The van der Waals surface area contributed by atoms with Crippen LogP contribution in [0.5, 0.6) is 0 Å². The Labute approximate surface area is 283 Å². The zero-order valence-corrected chi connectivity index (χ0v) is 28.7. The zero-order valence-electron chi connectivity index (χ0n) is 27.1. The van der Waals surface area contributed by atoms with Crippen molar-refractivity contribution in [2.45, 2.75) is 68.9 Å². The van der Waals surface area contributed by atoms with Gasteiger partial charge in [-0.25, -0.2) is 19.7 Å². The summed E-state index contributed by atoms with van der Waals surface area (Å²) in [6.07, 6.45) is 0.964. The minimum Gasteiger partial charge on any atom is -0.444 e. The van der Waals surface area contributed by atoms with E-state index in [0.29, 0.717) is 33.4 Å². The molecule has 0 aliphatic carbocycles. The number of hydrogen-bond acceptors (Lipinski definition) is 8. The number of anilines is 3. The number of nitrogens with one attached hydrogen (secondary N) is 3. The molecule has 47 heavy (non-hydrogen) atoms. The summed E-state index contributed by atoms with van der Waals surface area (Å²) < 4.78 is 5.36. The van der Waals surface area contributed by atoms with Gasteiger partial charge in [-0.1, -0.05) is 49.3 Å². The van der Waals surface area contributed by atoms with Crippen LogP contribution in [0, 0.1) is 0 Å². The Morgan fingerprint density at radius 1 is 0.894 bits per heavy atom. The van der Waals surface area contributed by atoms with Gasteiger partial charge in [-0.15, -0.1) is 0 Å². The minimum absolute atomic E-state index is 0.222. The molecular weight excluding hydrogens is 632 g/mol. The largest absolute Gasteiger partial charge is 0.444 e. The monoisotopic (exact) mass is 668 g/mol. The molecule has 0 radical (unpaired) electrons. The van der Waals surface area contributed by atoms with Crippen LogP contribution in [-0.2, 0) is 4.74 Å². The Balaban J connectivity index is 1.43. The lowest BCUT2D eigenvalue weighted by molar-refractivity contribution is 0.0635. The number of fused-ring (bicyclic) bond motifs is 1. The van der Waals surface area contributed by atoms with E-state index in [-0.39, 0.29) is 17.9 Å². The zero-order chi connectivity index (χ0) is 33.7. The molecule has 0 aliphatic rings. The van der Waals surface area contributed by atoms with Gasteiger partial charge in [0.1, 0.15) is 17.7 Å². The standard InChI is InChI=1S/C36H37ClN6O3S/c1-21(2)29-17-16-28-32(42-29)38-20-39-33(28)43-30-19-24(34(44)40-22(3)23-7-10-25(37)11-8-23)9-18-31(30)47-27-14-12-26(13-15-27)41-35(45)46-36(4,5)6/h7-22H,1-6H3,(H,40,44)(H,41,45)(H,38,39,42,43). The van der Waals surface area contributed by atoms with Crippen molar-refractivity contribution >= 4 is 63.6 Å².